The number of aliphatic carboxylic acids is 1. The van der Waals surface area contributed by atoms with E-state index in [1.165, 1.54) is 16.2 Å². The molecule has 1 fully saturated rings. The number of rotatable bonds is 2. The standard InChI is InChI=1S/C10H11NO4S/c12-7-3-8(10(14)15)11(4-7)9(13)6-1-2-16-5-6/h1-2,5,7-8,12H,3-4H2,(H,14,15). The number of carbonyl (C=O) groups excluding carboxylic acids is 1. The Kier molecular flexibility index (Phi) is 2.93. The average Bonchev–Trinajstić information content (AvgIpc) is 2.84. The lowest BCUT2D eigenvalue weighted by molar-refractivity contribution is -0.141. The molecule has 2 heterocycles. The van der Waals surface area contributed by atoms with Crippen LogP contribution in [0, 0.1) is 0 Å². The molecule has 0 bridgehead atoms. The molecule has 6 heteroatoms. The summed E-state index contributed by atoms with van der Waals surface area (Å²) in [5.74, 6) is -1.40. The maximum atomic E-state index is 11.9. The Bertz CT molecular complexity index is 403. The maximum Gasteiger partial charge on any atom is 0.326 e. The van der Waals surface area contributed by atoms with Gasteiger partial charge >= 0.3 is 5.97 Å². The summed E-state index contributed by atoms with van der Waals surface area (Å²) in [5.41, 5.74) is 0.477. The van der Waals surface area contributed by atoms with Crippen LogP contribution in [-0.2, 0) is 4.79 Å². The molecule has 5 nitrogen and oxygen atoms in total. The zero-order valence-corrected chi connectivity index (χ0v) is 9.18. The first-order chi connectivity index (χ1) is 7.59. The van der Waals surface area contributed by atoms with Crippen LogP contribution >= 0.6 is 11.3 Å². The molecule has 1 amide bonds. The first kappa shape index (κ1) is 11.1. The van der Waals surface area contributed by atoms with Crippen molar-refractivity contribution in [3.63, 3.8) is 0 Å². The molecule has 2 N–H and O–H groups in total. The number of aliphatic hydroxyl groups is 1. The van der Waals surface area contributed by atoms with Crippen LogP contribution < -0.4 is 0 Å². The number of aliphatic hydroxyl groups excluding tert-OH is 1. The Morgan fingerprint density at radius 2 is 2.25 bits per heavy atom. The smallest absolute Gasteiger partial charge is 0.326 e. The summed E-state index contributed by atoms with van der Waals surface area (Å²) in [4.78, 5) is 24.1. The van der Waals surface area contributed by atoms with Crippen molar-refractivity contribution in [2.24, 2.45) is 0 Å². The SMILES string of the molecule is O=C(O)C1CC(O)CN1C(=O)c1ccsc1. The molecule has 0 saturated carbocycles. The van der Waals surface area contributed by atoms with E-state index in [1.54, 1.807) is 16.8 Å². The lowest BCUT2D eigenvalue weighted by atomic mass is 10.2. The molecule has 1 aliphatic rings. The third-order valence-corrected chi connectivity index (χ3v) is 3.28. The topological polar surface area (TPSA) is 77.8 Å². The molecule has 0 radical (unpaired) electrons. The van der Waals surface area contributed by atoms with Crippen molar-refractivity contribution in [3.8, 4) is 0 Å². The Balaban J connectivity index is 2.20. The molecule has 1 aromatic rings. The van der Waals surface area contributed by atoms with Crippen LogP contribution in [0.4, 0.5) is 0 Å². The summed E-state index contributed by atoms with van der Waals surface area (Å²) < 4.78 is 0. The van der Waals surface area contributed by atoms with E-state index in [4.69, 9.17) is 5.11 Å². The van der Waals surface area contributed by atoms with Gasteiger partial charge < -0.3 is 15.1 Å². The van der Waals surface area contributed by atoms with Crippen molar-refractivity contribution in [2.75, 3.05) is 6.54 Å². The molecular formula is C10H11NO4S. The minimum Gasteiger partial charge on any atom is -0.480 e. The first-order valence-corrected chi connectivity index (χ1v) is 5.78. The number of amides is 1. The van der Waals surface area contributed by atoms with Gasteiger partial charge in [-0.05, 0) is 11.4 Å². The molecule has 1 aromatic heterocycles. The Hall–Kier alpha value is -1.40. The van der Waals surface area contributed by atoms with E-state index >= 15 is 0 Å². The fraction of sp³-hybridized carbons (Fsp3) is 0.400. The summed E-state index contributed by atoms with van der Waals surface area (Å²) in [5, 5.41) is 21.8. The Morgan fingerprint density at radius 1 is 1.50 bits per heavy atom. The second kappa shape index (κ2) is 4.23. The minimum absolute atomic E-state index is 0.0889. The van der Waals surface area contributed by atoms with Gasteiger partial charge in [-0.3, -0.25) is 4.79 Å². The van der Waals surface area contributed by atoms with E-state index in [0.29, 0.717) is 5.56 Å². The highest BCUT2D eigenvalue weighted by atomic mass is 32.1. The largest absolute Gasteiger partial charge is 0.480 e. The molecule has 2 rings (SSSR count). The van der Waals surface area contributed by atoms with Crippen LogP contribution in [0.15, 0.2) is 16.8 Å². The van der Waals surface area contributed by atoms with Crippen molar-refractivity contribution in [2.45, 2.75) is 18.6 Å². The fourth-order valence-electron chi connectivity index (χ4n) is 1.82. The van der Waals surface area contributed by atoms with Crippen molar-refractivity contribution in [3.05, 3.63) is 22.4 Å². The van der Waals surface area contributed by atoms with Crippen LogP contribution in [0.1, 0.15) is 16.8 Å². The normalized spacial score (nSPS) is 24.7. The predicted octanol–water partition coefficient (Wildman–Crippen LogP) is 0.408. The first-order valence-electron chi connectivity index (χ1n) is 4.83. The van der Waals surface area contributed by atoms with Gasteiger partial charge in [-0.1, -0.05) is 0 Å². The van der Waals surface area contributed by atoms with Gasteiger partial charge in [0.05, 0.1) is 11.7 Å². The average molecular weight is 241 g/mol. The molecule has 16 heavy (non-hydrogen) atoms. The highest BCUT2D eigenvalue weighted by Gasteiger charge is 2.39. The highest BCUT2D eigenvalue weighted by Crippen LogP contribution is 2.21. The van der Waals surface area contributed by atoms with Gasteiger partial charge in [0.15, 0.2) is 0 Å². The zero-order chi connectivity index (χ0) is 11.7. The second-order valence-corrected chi connectivity index (χ2v) is 4.49. The highest BCUT2D eigenvalue weighted by molar-refractivity contribution is 7.08. The van der Waals surface area contributed by atoms with Gasteiger partial charge in [-0.25, -0.2) is 4.79 Å². The molecule has 0 spiro atoms. The molecule has 0 aromatic carbocycles. The Morgan fingerprint density at radius 3 is 2.81 bits per heavy atom. The third kappa shape index (κ3) is 1.94. The monoisotopic (exact) mass is 241 g/mol. The number of hydrogen-bond acceptors (Lipinski definition) is 4. The van der Waals surface area contributed by atoms with Crippen molar-refractivity contribution in [1.82, 2.24) is 4.90 Å². The molecule has 86 valence electrons. The molecule has 0 aliphatic carbocycles. The number of hydrogen-bond donors (Lipinski definition) is 2. The van der Waals surface area contributed by atoms with Crippen molar-refractivity contribution in [1.29, 1.82) is 0 Å². The molecule has 1 aliphatic heterocycles. The van der Waals surface area contributed by atoms with Crippen molar-refractivity contribution >= 4 is 23.2 Å². The summed E-state index contributed by atoms with van der Waals surface area (Å²) in [6, 6.07) is 0.735. The van der Waals surface area contributed by atoms with Crippen LogP contribution in [-0.4, -0.2) is 45.7 Å². The van der Waals surface area contributed by atoms with E-state index in [-0.39, 0.29) is 18.9 Å². The van der Waals surface area contributed by atoms with Gasteiger partial charge in [0.1, 0.15) is 6.04 Å². The second-order valence-electron chi connectivity index (χ2n) is 3.71. The van der Waals surface area contributed by atoms with Gasteiger partial charge in [-0.2, -0.15) is 11.3 Å². The van der Waals surface area contributed by atoms with E-state index in [1.807, 2.05) is 0 Å². The number of nitrogens with zero attached hydrogens (tertiary/aromatic N) is 1. The fourth-order valence-corrected chi connectivity index (χ4v) is 2.45. The van der Waals surface area contributed by atoms with Crippen LogP contribution in [0.25, 0.3) is 0 Å². The number of thiophene rings is 1. The lowest BCUT2D eigenvalue weighted by Crippen LogP contribution is -2.40. The summed E-state index contributed by atoms with van der Waals surface area (Å²) in [6.45, 7) is 0.0889. The van der Waals surface area contributed by atoms with E-state index in [2.05, 4.69) is 0 Å². The molecule has 2 atom stereocenters. The zero-order valence-electron chi connectivity index (χ0n) is 8.37. The van der Waals surface area contributed by atoms with Crippen molar-refractivity contribution < 1.29 is 19.8 Å². The van der Waals surface area contributed by atoms with Crippen LogP contribution in [0.2, 0.25) is 0 Å². The maximum absolute atomic E-state index is 11.9. The van der Waals surface area contributed by atoms with Crippen LogP contribution in [0.3, 0.4) is 0 Å². The molecule has 1 saturated heterocycles. The molecule has 2 unspecified atom stereocenters. The van der Waals surface area contributed by atoms with E-state index < -0.39 is 18.1 Å². The van der Waals surface area contributed by atoms with Crippen LogP contribution in [0.5, 0.6) is 0 Å². The van der Waals surface area contributed by atoms with E-state index in [9.17, 15) is 14.7 Å². The number of carbonyl (C=O) groups is 2. The lowest BCUT2D eigenvalue weighted by Gasteiger charge is -2.20. The molecular weight excluding hydrogens is 230 g/mol. The number of likely N-dealkylation sites (tertiary alicyclic amines) is 1. The number of carboxylic acid groups (broad SMARTS) is 1. The summed E-state index contributed by atoms with van der Waals surface area (Å²) in [7, 11) is 0. The minimum atomic E-state index is -1.07. The third-order valence-electron chi connectivity index (χ3n) is 2.59. The quantitative estimate of drug-likeness (QED) is 0.786. The number of β-amino-alcohol motifs (C(OH)–C–C–N with tert-alkyl or cyclic N) is 1. The van der Waals surface area contributed by atoms with Gasteiger partial charge in [0.2, 0.25) is 0 Å². The van der Waals surface area contributed by atoms with Gasteiger partial charge in [-0.15, -0.1) is 0 Å². The number of carboxylic acids is 1. The predicted molar refractivity (Wildman–Crippen MR) is 57.4 cm³/mol. The van der Waals surface area contributed by atoms with E-state index in [0.717, 1.165) is 0 Å². The Labute approximate surface area is 95.9 Å². The summed E-state index contributed by atoms with van der Waals surface area (Å²) >= 11 is 1.38. The summed E-state index contributed by atoms with van der Waals surface area (Å²) in [6.07, 6.45) is -0.644. The van der Waals surface area contributed by atoms with Gasteiger partial charge in [0, 0.05) is 18.3 Å². The van der Waals surface area contributed by atoms with Gasteiger partial charge in [0.25, 0.3) is 5.91 Å².